The molecule has 0 aromatic heterocycles. The molecule has 0 saturated heterocycles. The lowest BCUT2D eigenvalue weighted by molar-refractivity contribution is -0.151. The summed E-state index contributed by atoms with van der Waals surface area (Å²) in [7, 11) is 0. The number of hydrogen-bond donors (Lipinski definition) is 3. The van der Waals surface area contributed by atoms with Crippen molar-refractivity contribution in [2.45, 2.75) is 289 Å². The van der Waals surface area contributed by atoms with Crippen molar-refractivity contribution in [1.82, 2.24) is 5.32 Å². The van der Waals surface area contributed by atoms with Gasteiger partial charge in [0.2, 0.25) is 5.91 Å². The molecule has 0 rings (SSSR count). The average molecular weight is 923 g/mol. The Morgan fingerprint density at radius 1 is 0.455 bits per heavy atom. The number of aliphatic hydroxyl groups excluding tert-OH is 2. The summed E-state index contributed by atoms with van der Waals surface area (Å²) in [6.45, 7) is 6.37. The molecular formula is C60H107NO5. The van der Waals surface area contributed by atoms with E-state index in [1.165, 1.54) is 128 Å². The molecule has 0 aromatic carbocycles. The van der Waals surface area contributed by atoms with Crippen molar-refractivity contribution in [2.24, 2.45) is 0 Å². The van der Waals surface area contributed by atoms with Crippen LogP contribution in [0.5, 0.6) is 0 Å². The molecule has 6 heteroatoms. The summed E-state index contributed by atoms with van der Waals surface area (Å²) < 4.78 is 5.92. The highest BCUT2D eigenvalue weighted by Gasteiger charge is 2.24. The number of aliphatic hydroxyl groups is 2. The molecule has 0 spiro atoms. The summed E-state index contributed by atoms with van der Waals surface area (Å²) in [6.07, 6.45) is 68.3. The summed E-state index contributed by atoms with van der Waals surface area (Å²) in [5.74, 6) is -0.555. The third kappa shape index (κ3) is 47.8. The zero-order valence-corrected chi connectivity index (χ0v) is 43.6. The number of rotatable bonds is 50. The van der Waals surface area contributed by atoms with Crippen LogP contribution in [0.3, 0.4) is 0 Å². The maximum Gasteiger partial charge on any atom is 0.306 e. The highest BCUT2D eigenvalue weighted by Crippen LogP contribution is 2.17. The topological polar surface area (TPSA) is 95.9 Å². The van der Waals surface area contributed by atoms with E-state index in [2.05, 4.69) is 99.0 Å². The average Bonchev–Trinajstić information content (AvgIpc) is 3.31. The van der Waals surface area contributed by atoms with Gasteiger partial charge in [-0.1, -0.05) is 241 Å². The first kappa shape index (κ1) is 63.3. The normalized spacial score (nSPS) is 13.7. The molecule has 0 bridgehead atoms. The number of carbonyl (C=O) groups is 2. The number of allylic oxidation sites excluding steroid dienone is 12. The second kappa shape index (κ2) is 53.3. The maximum atomic E-state index is 13.2. The fraction of sp³-hybridized carbons (Fsp3) is 0.767. The molecule has 0 radical (unpaired) electrons. The van der Waals surface area contributed by atoms with Crippen molar-refractivity contribution in [3.63, 3.8) is 0 Å². The predicted molar refractivity (Wildman–Crippen MR) is 287 cm³/mol. The minimum atomic E-state index is -0.804. The van der Waals surface area contributed by atoms with Gasteiger partial charge in [0.15, 0.2) is 0 Å². The van der Waals surface area contributed by atoms with E-state index < -0.39 is 18.2 Å². The molecule has 0 aliphatic heterocycles. The SMILES string of the molecule is CC/C=C\C/C=C\C/C=C\C/C=C\C/C=C\CCCC(=O)OC(CCCCC/C=C/CCCCCCCCC)CC(=O)NC(CO)C(O)CCCCCCCCCCCCCCCCCC. The van der Waals surface area contributed by atoms with Gasteiger partial charge in [0.1, 0.15) is 6.10 Å². The van der Waals surface area contributed by atoms with Gasteiger partial charge in [-0.2, -0.15) is 0 Å². The number of ether oxygens (including phenoxy) is 1. The van der Waals surface area contributed by atoms with Gasteiger partial charge in [-0.3, -0.25) is 9.59 Å². The molecule has 0 aliphatic carbocycles. The molecule has 66 heavy (non-hydrogen) atoms. The van der Waals surface area contributed by atoms with Crippen molar-refractivity contribution < 1.29 is 24.5 Å². The van der Waals surface area contributed by atoms with Crippen LogP contribution >= 0.6 is 0 Å². The summed E-state index contributed by atoms with van der Waals surface area (Å²) in [6, 6.07) is -0.721. The van der Waals surface area contributed by atoms with Gasteiger partial charge in [0.25, 0.3) is 0 Å². The number of amides is 1. The molecule has 6 nitrogen and oxygen atoms in total. The fourth-order valence-electron chi connectivity index (χ4n) is 8.29. The second-order valence-electron chi connectivity index (χ2n) is 19.0. The first-order valence-corrected chi connectivity index (χ1v) is 28.2. The smallest absolute Gasteiger partial charge is 0.306 e. The third-order valence-electron chi connectivity index (χ3n) is 12.5. The summed E-state index contributed by atoms with van der Waals surface area (Å²) >= 11 is 0. The second-order valence-corrected chi connectivity index (χ2v) is 19.0. The third-order valence-corrected chi connectivity index (χ3v) is 12.5. The molecule has 0 saturated carbocycles. The van der Waals surface area contributed by atoms with Crippen LogP contribution in [0.1, 0.15) is 271 Å². The molecular weight excluding hydrogens is 815 g/mol. The Bertz CT molecular complexity index is 1220. The molecule has 0 aromatic rings. The van der Waals surface area contributed by atoms with Crippen LogP contribution in [0.25, 0.3) is 0 Å². The molecule has 3 atom stereocenters. The Hall–Kier alpha value is -2.70. The first-order valence-electron chi connectivity index (χ1n) is 28.2. The highest BCUT2D eigenvalue weighted by atomic mass is 16.5. The standard InChI is InChI=1S/C60H107NO5/c1-4-7-10-13-16-19-22-25-28-30-32-35-38-41-44-47-50-53-60(65)66-56(51-48-45-42-39-36-33-27-24-21-18-15-12-9-6-3)54-59(64)61-57(55-62)58(63)52-49-46-43-40-37-34-31-29-26-23-20-17-14-11-8-5-2/h7,10,16,19,25,28,32-33,35-36,41,44,56-58,62-63H,4-6,8-9,11-15,17-18,20-24,26-27,29-31,34,37-40,42-43,45-55H2,1-3H3,(H,61,64)/b10-7-,19-16-,28-25-,35-32-,36-33+,44-41-. The molecule has 0 fully saturated rings. The zero-order valence-electron chi connectivity index (χ0n) is 43.6. The Balaban J connectivity index is 4.65. The zero-order chi connectivity index (χ0) is 48.1. The van der Waals surface area contributed by atoms with E-state index in [4.69, 9.17) is 4.74 Å². The quantitative estimate of drug-likeness (QED) is 0.0321. The lowest BCUT2D eigenvalue weighted by Crippen LogP contribution is -2.46. The molecule has 1 amide bonds. The number of hydrogen-bond acceptors (Lipinski definition) is 5. The van der Waals surface area contributed by atoms with E-state index in [1.807, 2.05) is 0 Å². The van der Waals surface area contributed by atoms with Crippen LogP contribution in [0, 0.1) is 0 Å². The first-order chi connectivity index (χ1) is 32.5. The van der Waals surface area contributed by atoms with Gasteiger partial charge in [-0.05, 0) is 89.9 Å². The highest BCUT2D eigenvalue weighted by molar-refractivity contribution is 5.77. The van der Waals surface area contributed by atoms with E-state index in [9.17, 15) is 19.8 Å². The van der Waals surface area contributed by atoms with Crippen LogP contribution in [-0.2, 0) is 14.3 Å². The Kier molecular flexibility index (Phi) is 51.1. The van der Waals surface area contributed by atoms with Crippen molar-refractivity contribution in [1.29, 1.82) is 0 Å². The number of esters is 1. The Morgan fingerprint density at radius 3 is 1.27 bits per heavy atom. The lowest BCUT2D eigenvalue weighted by atomic mass is 10.0. The predicted octanol–water partition coefficient (Wildman–Crippen LogP) is 17.3. The number of carbonyl (C=O) groups excluding carboxylic acids is 2. The molecule has 0 heterocycles. The van der Waals surface area contributed by atoms with E-state index in [0.29, 0.717) is 25.7 Å². The summed E-state index contributed by atoms with van der Waals surface area (Å²) in [4.78, 5) is 26.2. The van der Waals surface area contributed by atoms with Gasteiger partial charge in [0.05, 0.1) is 25.2 Å². The van der Waals surface area contributed by atoms with E-state index in [-0.39, 0.29) is 24.9 Å². The van der Waals surface area contributed by atoms with E-state index in [0.717, 1.165) is 89.9 Å². The Morgan fingerprint density at radius 2 is 0.818 bits per heavy atom. The van der Waals surface area contributed by atoms with Gasteiger partial charge < -0.3 is 20.3 Å². The molecule has 3 N–H and O–H groups in total. The minimum absolute atomic E-state index is 0.0428. The van der Waals surface area contributed by atoms with Crippen molar-refractivity contribution in [3.05, 3.63) is 72.9 Å². The van der Waals surface area contributed by atoms with E-state index >= 15 is 0 Å². The van der Waals surface area contributed by atoms with Crippen LogP contribution in [-0.4, -0.2) is 46.9 Å². The number of unbranched alkanes of at least 4 members (excludes halogenated alkanes) is 26. The van der Waals surface area contributed by atoms with Crippen molar-refractivity contribution in [3.8, 4) is 0 Å². The van der Waals surface area contributed by atoms with Gasteiger partial charge in [-0.15, -0.1) is 0 Å². The van der Waals surface area contributed by atoms with Gasteiger partial charge in [0, 0.05) is 6.42 Å². The van der Waals surface area contributed by atoms with Crippen LogP contribution < -0.4 is 5.32 Å². The van der Waals surface area contributed by atoms with Crippen molar-refractivity contribution in [2.75, 3.05) is 6.61 Å². The maximum absolute atomic E-state index is 13.2. The summed E-state index contributed by atoms with van der Waals surface area (Å²) in [5, 5.41) is 23.9. The number of nitrogens with one attached hydrogen (secondary N) is 1. The minimum Gasteiger partial charge on any atom is -0.462 e. The van der Waals surface area contributed by atoms with Crippen molar-refractivity contribution >= 4 is 11.9 Å². The largest absolute Gasteiger partial charge is 0.462 e. The fourth-order valence-corrected chi connectivity index (χ4v) is 8.29. The summed E-state index contributed by atoms with van der Waals surface area (Å²) in [5.41, 5.74) is 0. The van der Waals surface area contributed by atoms with Crippen LogP contribution in [0.2, 0.25) is 0 Å². The lowest BCUT2D eigenvalue weighted by Gasteiger charge is -2.24. The van der Waals surface area contributed by atoms with Gasteiger partial charge in [-0.25, -0.2) is 0 Å². The molecule has 3 unspecified atom stereocenters. The van der Waals surface area contributed by atoms with Gasteiger partial charge >= 0.3 is 5.97 Å². The molecule has 382 valence electrons. The van der Waals surface area contributed by atoms with Crippen LogP contribution in [0.4, 0.5) is 0 Å². The molecule has 0 aliphatic rings. The Labute approximate surface area is 409 Å². The monoisotopic (exact) mass is 922 g/mol. The van der Waals surface area contributed by atoms with Crippen LogP contribution in [0.15, 0.2) is 72.9 Å². The van der Waals surface area contributed by atoms with E-state index in [1.54, 1.807) is 0 Å².